The highest BCUT2D eigenvalue weighted by atomic mass is 35.5. The van der Waals surface area contributed by atoms with E-state index < -0.39 is 24.6 Å². The van der Waals surface area contributed by atoms with Crippen LogP contribution in [0.4, 0.5) is 0 Å². The van der Waals surface area contributed by atoms with Crippen molar-refractivity contribution in [3.05, 3.63) is 45.5 Å². The summed E-state index contributed by atoms with van der Waals surface area (Å²) in [7, 11) is 1.73. The number of allylic oxidation sites excluding steroid dienone is 3. The largest absolute Gasteiger partial charge is 0.496 e. The molecule has 0 amide bonds. The molecule has 1 saturated carbocycles. The van der Waals surface area contributed by atoms with Crippen LogP contribution in [0.15, 0.2) is 34.9 Å². The minimum absolute atomic E-state index is 0.131. The molecule has 33 heavy (non-hydrogen) atoms. The summed E-state index contributed by atoms with van der Waals surface area (Å²) in [5.41, 5.74) is 5.64. The highest BCUT2D eigenvalue weighted by molar-refractivity contribution is 6.32. The van der Waals surface area contributed by atoms with Crippen LogP contribution in [0.25, 0.3) is 5.76 Å². The Balaban J connectivity index is 1.48. The third kappa shape index (κ3) is 4.32. The maximum absolute atomic E-state index is 10.3. The molecule has 2 fully saturated rings. The fraction of sp³-hybridized carbons (Fsp3) is 0.615. The first-order chi connectivity index (χ1) is 16.0. The standard InChI is InChI=1S/C26H33ClO6/c1-31-25(22-15-6-4-8-18(22)17-7-3-2-5-14(17)11-15)16-9-10-19(27)21(12-16)33-26-24(30)23(29)20(28)13-32-26/h9-10,12,15,18,20,23-24,26,28-30H,2-8,11,13H2,1H3/b25-22+/t15?,18?,20-,23+,24?,26+/m1/s1. The van der Waals surface area contributed by atoms with Crippen LogP contribution in [0.1, 0.15) is 56.9 Å². The summed E-state index contributed by atoms with van der Waals surface area (Å²) in [5.74, 6) is 2.21. The molecule has 5 rings (SSSR count). The monoisotopic (exact) mass is 476 g/mol. The van der Waals surface area contributed by atoms with Crippen LogP contribution in [0.5, 0.6) is 5.75 Å². The minimum atomic E-state index is -1.39. The molecule has 180 valence electrons. The zero-order valence-electron chi connectivity index (χ0n) is 19.0. The zero-order valence-corrected chi connectivity index (χ0v) is 19.8. The number of ether oxygens (including phenoxy) is 3. The van der Waals surface area contributed by atoms with Gasteiger partial charge in [0.2, 0.25) is 6.29 Å². The molecule has 1 saturated heterocycles. The van der Waals surface area contributed by atoms with Crippen LogP contribution >= 0.6 is 11.6 Å². The van der Waals surface area contributed by atoms with E-state index >= 15 is 0 Å². The van der Waals surface area contributed by atoms with Crippen LogP contribution in [-0.2, 0) is 9.47 Å². The SMILES string of the molecule is CO/C(=C1\C2CCCC1C1=C(CCCC1)C2)c1ccc(Cl)c(O[C@@H]2OC[C@@H](O)[C@H](O)C2O)c1. The summed E-state index contributed by atoms with van der Waals surface area (Å²) in [6.07, 6.45) is 4.80. The maximum atomic E-state index is 10.3. The second kappa shape index (κ2) is 9.59. The minimum Gasteiger partial charge on any atom is -0.496 e. The second-order valence-electron chi connectivity index (χ2n) is 9.72. The number of hydrogen-bond acceptors (Lipinski definition) is 6. The van der Waals surface area contributed by atoms with Crippen LogP contribution < -0.4 is 4.74 Å². The molecular formula is C26H33ClO6. The van der Waals surface area contributed by atoms with Crippen LogP contribution in [0.3, 0.4) is 0 Å². The Morgan fingerprint density at radius 2 is 1.88 bits per heavy atom. The van der Waals surface area contributed by atoms with Crippen molar-refractivity contribution in [2.24, 2.45) is 11.8 Å². The van der Waals surface area contributed by atoms with Crippen LogP contribution in [-0.4, -0.2) is 53.6 Å². The molecule has 3 aliphatic carbocycles. The summed E-state index contributed by atoms with van der Waals surface area (Å²) in [6, 6.07) is 5.52. The number of methoxy groups -OCH3 is 1. The van der Waals surface area contributed by atoms with Gasteiger partial charge in [-0.05, 0) is 74.6 Å². The lowest BCUT2D eigenvalue weighted by Crippen LogP contribution is -2.54. The summed E-state index contributed by atoms with van der Waals surface area (Å²) in [5, 5.41) is 30.3. The van der Waals surface area contributed by atoms with Gasteiger partial charge in [0.05, 0.1) is 18.7 Å². The maximum Gasteiger partial charge on any atom is 0.228 e. The van der Waals surface area contributed by atoms with E-state index in [0.29, 0.717) is 22.6 Å². The molecule has 0 spiro atoms. The Kier molecular flexibility index (Phi) is 6.74. The van der Waals surface area contributed by atoms with Crippen molar-refractivity contribution in [1.82, 2.24) is 0 Å². The number of rotatable bonds is 4. The van der Waals surface area contributed by atoms with Gasteiger partial charge in [-0.25, -0.2) is 0 Å². The molecule has 2 bridgehead atoms. The fourth-order valence-corrected chi connectivity index (χ4v) is 6.33. The van der Waals surface area contributed by atoms with Gasteiger partial charge in [0.15, 0.2) is 0 Å². The van der Waals surface area contributed by atoms with E-state index in [1.807, 2.05) is 12.1 Å². The van der Waals surface area contributed by atoms with Gasteiger partial charge in [-0.1, -0.05) is 29.2 Å². The van der Waals surface area contributed by atoms with Crippen molar-refractivity contribution in [2.45, 2.75) is 76.0 Å². The van der Waals surface area contributed by atoms with Crippen LogP contribution in [0, 0.1) is 11.8 Å². The van der Waals surface area contributed by atoms with Crippen molar-refractivity contribution in [3.8, 4) is 5.75 Å². The summed E-state index contributed by atoms with van der Waals surface area (Å²) >= 11 is 6.41. The molecule has 3 N–H and O–H groups in total. The van der Waals surface area contributed by atoms with Crippen LogP contribution in [0.2, 0.25) is 5.02 Å². The van der Waals surface area contributed by atoms with Crippen molar-refractivity contribution in [2.75, 3.05) is 13.7 Å². The highest BCUT2D eigenvalue weighted by Gasteiger charge is 2.41. The number of benzene rings is 1. The van der Waals surface area contributed by atoms with E-state index in [4.69, 9.17) is 25.8 Å². The molecule has 0 aromatic heterocycles. The first-order valence-corrected chi connectivity index (χ1v) is 12.5. The predicted octanol–water partition coefficient (Wildman–Crippen LogP) is 4.21. The number of halogens is 1. The summed E-state index contributed by atoms with van der Waals surface area (Å²) in [6.45, 7) is -0.131. The third-order valence-electron chi connectivity index (χ3n) is 7.76. The fourth-order valence-electron chi connectivity index (χ4n) is 6.17. The molecule has 1 aliphatic heterocycles. The van der Waals surface area contributed by atoms with Crippen molar-refractivity contribution >= 4 is 17.4 Å². The van der Waals surface area contributed by atoms with E-state index in [1.54, 1.807) is 24.3 Å². The van der Waals surface area contributed by atoms with E-state index in [1.165, 1.54) is 50.5 Å². The van der Waals surface area contributed by atoms with Crippen molar-refractivity contribution in [1.29, 1.82) is 0 Å². The van der Waals surface area contributed by atoms with Crippen molar-refractivity contribution in [3.63, 3.8) is 0 Å². The summed E-state index contributed by atoms with van der Waals surface area (Å²) < 4.78 is 17.3. The smallest absolute Gasteiger partial charge is 0.228 e. The first-order valence-electron chi connectivity index (χ1n) is 12.1. The number of aliphatic hydroxyl groups is 3. The third-order valence-corrected chi connectivity index (χ3v) is 8.07. The normalized spacial score (nSPS) is 35.7. The Morgan fingerprint density at radius 1 is 1.06 bits per heavy atom. The molecule has 6 atom stereocenters. The molecule has 3 unspecified atom stereocenters. The lowest BCUT2D eigenvalue weighted by Gasteiger charge is -2.43. The van der Waals surface area contributed by atoms with E-state index in [-0.39, 0.29) is 6.61 Å². The van der Waals surface area contributed by atoms with Gasteiger partial charge in [-0.15, -0.1) is 0 Å². The molecule has 6 nitrogen and oxygen atoms in total. The number of hydrogen-bond donors (Lipinski definition) is 3. The van der Waals surface area contributed by atoms with Gasteiger partial charge >= 0.3 is 0 Å². The quantitative estimate of drug-likeness (QED) is 0.445. The van der Waals surface area contributed by atoms with Gasteiger partial charge < -0.3 is 29.5 Å². The van der Waals surface area contributed by atoms with E-state index in [2.05, 4.69) is 0 Å². The topological polar surface area (TPSA) is 88.4 Å². The molecule has 1 aromatic rings. The average molecular weight is 477 g/mol. The van der Waals surface area contributed by atoms with Gasteiger partial charge in [0.1, 0.15) is 29.8 Å². The molecule has 7 heteroatoms. The molecule has 1 heterocycles. The Labute approximate surface area is 199 Å². The highest BCUT2D eigenvalue weighted by Crippen LogP contribution is 2.53. The molecule has 1 aromatic carbocycles. The van der Waals surface area contributed by atoms with E-state index in [0.717, 1.165) is 17.7 Å². The molecule has 0 radical (unpaired) electrons. The van der Waals surface area contributed by atoms with Gasteiger partial charge in [0.25, 0.3) is 0 Å². The summed E-state index contributed by atoms with van der Waals surface area (Å²) in [4.78, 5) is 0. The van der Waals surface area contributed by atoms with Crippen molar-refractivity contribution < 1.29 is 29.5 Å². The molecular weight excluding hydrogens is 444 g/mol. The predicted molar refractivity (Wildman–Crippen MR) is 125 cm³/mol. The lowest BCUT2D eigenvalue weighted by molar-refractivity contribution is -0.242. The Bertz CT molecular complexity index is 956. The average Bonchev–Trinajstić information content (AvgIpc) is 2.82. The zero-order chi connectivity index (χ0) is 23.1. The Hall–Kier alpha value is -1.57. The van der Waals surface area contributed by atoms with Gasteiger partial charge in [-0.2, -0.15) is 0 Å². The lowest BCUT2D eigenvalue weighted by atomic mass is 9.62. The first kappa shape index (κ1) is 23.2. The number of aliphatic hydroxyl groups excluding tert-OH is 3. The Morgan fingerprint density at radius 3 is 2.70 bits per heavy atom. The second-order valence-corrected chi connectivity index (χ2v) is 10.1. The van der Waals surface area contributed by atoms with Gasteiger partial charge in [0, 0.05) is 11.5 Å². The molecule has 4 aliphatic rings. The number of fused-ring (bicyclic) bond motifs is 3. The van der Waals surface area contributed by atoms with Gasteiger partial charge in [-0.3, -0.25) is 0 Å². The van der Waals surface area contributed by atoms with E-state index in [9.17, 15) is 15.3 Å².